The van der Waals surface area contributed by atoms with Crippen LogP contribution < -0.4 is 5.32 Å². The van der Waals surface area contributed by atoms with E-state index in [1.807, 2.05) is 0 Å². The molecule has 0 saturated carbocycles. The zero-order chi connectivity index (χ0) is 16.1. The van der Waals surface area contributed by atoms with Crippen LogP contribution in [-0.4, -0.2) is 56.1 Å². The number of anilines is 1. The molecule has 0 aromatic heterocycles. The van der Waals surface area contributed by atoms with E-state index in [0.29, 0.717) is 24.4 Å². The Labute approximate surface area is 128 Å². The predicted molar refractivity (Wildman–Crippen MR) is 78.4 cm³/mol. The summed E-state index contributed by atoms with van der Waals surface area (Å²) in [4.78, 5) is 36.6. The minimum Gasteiger partial charge on any atom is -0.465 e. The molecular formula is C15H18N2O5. The van der Waals surface area contributed by atoms with Crippen LogP contribution in [0.3, 0.4) is 0 Å². The first kappa shape index (κ1) is 16.0. The Morgan fingerprint density at radius 1 is 1.36 bits per heavy atom. The van der Waals surface area contributed by atoms with Gasteiger partial charge in [0.25, 0.3) is 5.91 Å². The van der Waals surface area contributed by atoms with E-state index in [1.165, 1.54) is 7.11 Å². The van der Waals surface area contributed by atoms with Crippen molar-refractivity contribution in [3.63, 3.8) is 0 Å². The molecule has 1 fully saturated rings. The molecule has 1 saturated heterocycles. The molecule has 1 aliphatic rings. The molecular weight excluding hydrogens is 288 g/mol. The van der Waals surface area contributed by atoms with Gasteiger partial charge in [0, 0.05) is 19.3 Å². The van der Waals surface area contributed by atoms with Crippen molar-refractivity contribution in [2.75, 3.05) is 32.6 Å². The number of carbonyl (C=O) groups is 3. The van der Waals surface area contributed by atoms with Crippen molar-refractivity contribution in [2.24, 2.45) is 0 Å². The van der Waals surface area contributed by atoms with E-state index < -0.39 is 12.1 Å². The lowest BCUT2D eigenvalue weighted by molar-refractivity contribution is -0.153. The molecule has 1 aliphatic heterocycles. The third kappa shape index (κ3) is 3.82. The topological polar surface area (TPSA) is 84.9 Å². The minimum absolute atomic E-state index is 0.0398. The largest absolute Gasteiger partial charge is 0.465 e. The van der Waals surface area contributed by atoms with Crippen molar-refractivity contribution in [1.82, 2.24) is 4.90 Å². The van der Waals surface area contributed by atoms with Crippen LogP contribution in [-0.2, 0) is 19.1 Å². The maximum absolute atomic E-state index is 12.0. The zero-order valence-corrected chi connectivity index (χ0v) is 12.5. The second-order valence-electron chi connectivity index (χ2n) is 4.94. The highest BCUT2D eigenvalue weighted by Crippen LogP contribution is 2.13. The maximum Gasteiger partial charge on any atom is 0.337 e. The summed E-state index contributed by atoms with van der Waals surface area (Å²) < 4.78 is 9.92. The van der Waals surface area contributed by atoms with E-state index in [9.17, 15) is 14.4 Å². The van der Waals surface area contributed by atoms with Gasteiger partial charge < -0.3 is 19.7 Å². The van der Waals surface area contributed by atoms with Crippen LogP contribution in [0.25, 0.3) is 0 Å². The number of hydrogen-bond donors (Lipinski definition) is 1. The number of hydrogen-bond acceptors (Lipinski definition) is 5. The fourth-order valence-corrected chi connectivity index (χ4v) is 2.09. The summed E-state index contributed by atoms with van der Waals surface area (Å²) >= 11 is 0. The summed E-state index contributed by atoms with van der Waals surface area (Å²) in [5.41, 5.74) is 0.933. The summed E-state index contributed by atoms with van der Waals surface area (Å²) in [6.07, 6.45) is -0.782. The summed E-state index contributed by atoms with van der Waals surface area (Å²) in [7, 11) is 2.98. The molecule has 118 valence electrons. The number of likely N-dealkylation sites (N-methyl/N-ethyl adjacent to an activating group) is 1. The highest BCUT2D eigenvalue weighted by atomic mass is 16.5. The van der Waals surface area contributed by atoms with Gasteiger partial charge in [-0.3, -0.25) is 9.59 Å². The molecule has 1 unspecified atom stereocenters. The Morgan fingerprint density at radius 3 is 2.68 bits per heavy atom. The molecule has 1 aromatic rings. The molecule has 0 bridgehead atoms. The van der Waals surface area contributed by atoms with Gasteiger partial charge in [0.05, 0.1) is 25.7 Å². The molecule has 1 N–H and O–H groups in total. The molecule has 2 rings (SSSR count). The van der Waals surface area contributed by atoms with Crippen LogP contribution >= 0.6 is 0 Å². The Balaban J connectivity index is 1.91. The SMILES string of the molecule is COC(=O)c1ccc(NC(=O)CC2OCCN(C)C2=O)cc1. The van der Waals surface area contributed by atoms with Gasteiger partial charge in [0.1, 0.15) is 6.10 Å². The number of methoxy groups -OCH3 is 1. The van der Waals surface area contributed by atoms with Gasteiger partial charge in [0.2, 0.25) is 5.91 Å². The number of rotatable bonds is 4. The van der Waals surface area contributed by atoms with Crippen LogP contribution in [0.1, 0.15) is 16.8 Å². The minimum atomic E-state index is -0.743. The normalized spacial score (nSPS) is 18.0. The number of amides is 2. The van der Waals surface area contributed by atoms with E-state index >= 15 is 0 Å². The Hall–Kier alpha value is -2.41. The quantitative estimate of drug-likeness (QED) is 0.826. The van der Waals surface area contributed by atoms with Crippen molar-refractivity contribution < 1.29 is 23.9 Å². The average molecular weight is 306 g/mol. The fraction of sp³-hybridized carbons (Fsp3) is 0.400. The molecule has 2 amide bonds. The van der Waals surface area contributed by atoms with Gasteiger partial charge in [-0.25, -0.2) is 4.79 Å². The van der Waals surface area contributed by atoms with Crippen LogP contribution in [0.5, 0.6) is 0 Å². The average Bonchev–Trinajstić information content (AvgIpc) is 2.52. The van der Waals surface area contributed by atoms with E-state index in [-0.39, 0.29) is 18.2 Å². The Morgan fingerprint density at radius 2 is 2.05 bits per heavy atom. The molecule has 0 radical (unpaired) electrons. The number of carbonyl (C=O) groups excluding carboxylic acids is 3. The summed E-state index contributed by atoms with van der Waals surface area (Å²) in [6, 6.07) is 6.30. The van der Waals surface area contributed by atoms with E-state index in [1.54, 1.807) is 36.2 Å². The lowest BCUT2D eigenvalue weighted by Gasteiger charge is -2.29. The van der Waals surface area contributed by atoms with Gasteiger partial charge in [-0.15, -0.1) is 0 Å². The lowest BCUT2D eigenvalue weighted by atomic mass is 10.1. The van der Waals surface area contributed by atoms with Gasteiger partial charge in [-0.2, -0.15) is 0 Å². The Bertz CT molecular complexity index is 570. The fourth-order valence-electron chi connectivity index (χ4n) is 2.09. The van der Waals surface area contributed by atoms with Crippen LogP contribution in [0.15, 0.2) is 24.3 Å². The third-order valence-electron chi connectivity index (χ3n) is 3.36. The molecule has 0 spiro atoms. The van der Waals surface area contributed by atoms with E-state index in [2.05, 4.69) is 10.1 Å². The van der Waals surface area contributed by atoms with Gasteiger partial charge >= 0.3 is 5.97 Å². The molecule has 1 atom stereocenters. The smallest absolute Gasteiger partial charge is 0.337 e. The molecule has 0 aliphatic carbocycles. The molecule has 1 aromatic carbocycles. The number of benzene rings is 1. The third-order valence-corrected chi connectivity index (χ3v) is 3.36. The number of ether oxygens (including phenoxy) is 2. The van der Waals surface area contributed by atoms with E-state index in [4.69, 9.17) is 4.74 Å². The van der Waals surface area contributed by atoms with E-state index in [0.717, 1.165) is 0 Å². The van der Waals surface area contributed by atoms with Gasteiger partial charge in [-0.05, 0) is 24.3 Å². The summed E-state index contributed by atoms with van der Waals surface area (Å²) in [6.45, 7) is 0.958. The molecule has 22 heavy (non-hydrogen) atoms. The van der Waals surface area contributed by atoms with Crippen molar-refractivity contribution in [3.05, 3.63) is 29.8 Å². The highest BCUT2D eigenvalue weighted by Gasteiger charge is 2.29. The molecule has 1 heterocycles. The number of esters is 1. The van der Waals surface area contributed by atoms with Gasteiger partial charge in [0.15, 0.2) is 0 Å². The van der Waals surface area contributed by atoms with Gasteiger partial charge in [-0.1, -0.05) is 0 Å². The second-order valence-corrected chi connectivity index (χ2v) is 4.94. The number of morpholine rings is 1. The standard InChI is InChI=1S/C15H18N2O5/c1-17-7-8-22-12(14(17)19)9-13(18)16-11-5-3-10(4-6-11)15(20)21-2/h3-6,12H,7-9H2,1-2H3,(H,16,18). The maximum atomic E-state index is 12.0. The number of nitrogens with one attached hydrogen (secondary N) is 1. The monoisotopic (exact) mass is 306 g/mol. The van der Waals surface area contributed by atoms with Crippen LogP contribution in [0, 0.1) is 0 Å². The molecule has 7 heteroatoms. The van der Waals surface area contributed by atoms with Crippen LogP contribution in [0.2, 0.25) is 0 Å². The zero-order valence-electron chi connectivity index (χ0n) is 12.5. The number of nitrogens with zero attached hydrogens (tertiary/aromatic N) is 1. The van der Waals surface area contributed by atoms with Crippen molar-refractivity contribution in [1.29, 1.82) is 0 Å². The highest BCUT2D eigenvalue weighted by molar-refractivity contribution is 5.96. The summed E-state index contributed by atoms with van der Waals surface area (Å²) in [5.74, 6) is -0.955. The summed E-state index contributed by atoms with van der Waals surface area (Å²) in [5, 5.41) is 2.67. The lowest BCUT2D eigenvalue weighted by Crippen LogP contribution is -2.46. The first-order valence-corrected chi connectivity index (χ1v) is 6.86. The van der Waals surface area contributed by atoms with Crippen molar-refractivity contribution in [2.45, 2.75) is 12.5 Å². The van der Waals surface area contributed by atoms with Crippen molar-refractivity contribution in [3.8, 4) is 0 Å². The van der Waals surface area contributed by atoms with Crippen LogP contribution in [0.4, 0.5) is 5.69 Å². The second kappa shape index (κ2) is 7.04. The van der Waals surface area contributed by atoms with Crippen molar-refractivity contribution >= 4 is 23.5 Å². The first-order chi connectivity index (χ1) is 10.5. The Kier molecular flexibility index (Phi) is 5.11. The molecule has 7 nitrogen and oxygen atoms in total. The predicted octanol–water partition coefficient (Wildman–Crippen LogP) is 0.659. The first-order valence-electron chi connectivity index (χ1n) is 6.86.